The Labute approximate surface area is 153 Å². The molecule has 0 fully saturated rings. The van der Waals surface area contributed by atoms with Crippen molar-refractivity contribution in [3.63, 3.8) is 0 Å². The minimum absolute atomic E-state index is 0.0688. The topological polar surface area (TPSA) is 114 Å². The Balaban J connectivity index is 1.68. The first kappa shape index (κ1) is 19.1. The molecule has 3 N–H and O–H groups in total. The molecule has 0 radical (unpaired) electrons. The molecule has 0 heterocycles. The Hall–Kier alpha value is -3.26. The molecule has 0 atom stereocenters. The minimum Gasteiger partial charge on any atom is -0.507 e. The summed E-state index contributed by atoms with van der Waals surface area (Å²) < 4.78 is 9.93. The SMILES string of the molecule is O=C(COC(=O)c1ccccc1O)NNC(=O)COc1ccc(Cl)cc1. The van der Waals surface area contributed by atoms with Gasteiger partial charge in [-0.2, -0.15) is 0 Å². The van der Waals surface area contributed by atoms with E-state index < -0.39 is 24.4 Å². The molecule has 0 spiro atoms. The molecule has 0 aliphatic heterocycles. The number of para-hydroxylation sites is 1. The van der Waals surface area contributed by atoms with E-state index in [1.165, 1.54) is 18.2 Å². The normalized spacial score (nSPS) is 9.88. The molecule has 2 aromatic rings. The summed E-state index contributed by atoms with van der Waals surface area (Å²) in [6, 6.07) is 12.1. The Morgan fingerprint density at radius 3 is 2.19 bits per heavy atom. The summed E-state index contributed by atoms with van der Waals surface area (Å²) >= 11 is 5.73. The van der Waals surface area contributed by atoms with E-state index in [0.29, 0.717) is 10.8 Å². The number of phenols is 1. The molecule has 0 saturated heterocycles. The molecule has 9 heteroatoms. The van der Waals surface area contributed by atoms with Crippen molar-refractivity contribution in [2.75, 3.05) is 13.2 Å². The number of halogens is 1. The average Bonchev–Trinajstić information content (AvgIpc) is 2.64. The van der Waals surface area contributed by atoms with Crippen LogP contribution in [0.1, 0.15) is 10.4 Å². The van der Waals surface area contributed by atoms with Crippen LogP contribution in [0.25, 0.3) is 0 Å². The van der Waals surface area contributed by atoms with Crippen molar-refractivity contribution in [1.82, 2.24) is 10.9 Å². The fourth-order valence-electron chi connectivity index (χ4n) is 1.75. The van der Waals surface area contributed by atoms with Crippen LogP contribution < -0.4 is 15.6 Å². The predicted octanol–water partition coefficient (Wildman–Crippen LogP) is 1.43. The highest BCUT2D eigenvalue weighted by Gasteiger charge is 2.14. The van der Waals surface area contributed by atoms with Crippen LogP contribution in [0.2, 0.25) is 5.02 Å². The van der Waals surface area contributed by atoms with Crippen LogP contribution in [0.5, 0.6) is 11.5 Å². The summed E-state index contributed by atoms with van der Waals surface area (Å²) in [5.74, 6) is -2.05. The molecular formula is C17H15ClN2O6. The smallest absolute Gasteiger partial charge is 0.342 e. The lowest BCUT2D eigenvalue weighted by Gasteiger charge is -2.09. The van der Waals surface area contributed by atoms with Gasteiger partial charge in [-0.25, -0.2) is 4.79 Å². The number of hydrazine groups is 1. The number of carbonyl (C=O) groups is 3. The van der Waals surface area contributed by atoms with Crippen molar-refractivity contribution in [3.05, 3.63) is 59.1 Å². The van der Waals surface area contributed by atoms with Crippen LogP contribution >= 0.6 is 11.6 Å². The Morgan fingerprint density at radius 2 is 1.54 bits per heavy atom. The number of phenolic OH excluding ortho intramolecular Hbond substituents is 1. The van der Waals surface area contributed by atoms with E-state index in [4.69, 9.17) is 21.1 Å². The van der Waals surface area contributed by atoms with Crippen molar-refractivity contribution < 1.29 is 29.0 Å². The maximum Gasteiger partial charge on any atom is 0.342 e. The lowest BCUT2D eigenvalue weighted by Crippen LogP contribution is -2.45. The number of ether oxygens (including phenoxy) is 2. The van der Waals surface area contributed by atoms with Crippen LogP contribution in [0.4, 0.5) is 0 Å². The fraction of sp³-hybridized carbons (Fsp3) is 0.118. The van der Waals surface area contributed by atoms with Crippen molar-refractivity contribution in [2.45, 2.75) is 0 Å². The zero-order valence-electron chi connectivity index (χ0n) is 13.4. The largest absolute Gasteiger partial charge is 0.507 e. The van der Waals surface area contributed by atoms with E-state index in [9.17, 15) is 19.5 Å². The first-order valence-corrected chi connectivity index (χ1v) is 7.74. The van der Waals surface area contributed by atoms with Crippen molar-refractivity contribution in [2.24, 2.45) is 0 Å². The number of nitrogens with one attached hydrogen (secondary N) is 2. The number of hydrogen-bond donors (Lipinski definition) is 3. The van der Waals surface area contributed by atoms with E-state index >= 15 is 0 Å². The second-order valence-corrected chi connectivity index (χ2v) is 5.37. The highest BCUT2D eigenvalue weighted by Crippen LogP contribution is 2.16. The molecule has 2 amide bonds. The minimum atomic E-state index is -0.865. The van der Waals surface area contributed by atoms with Gasteiger partial charge >= 0.3 is 5.97 Å². The fourth-order valence-corrected chi connectivity index (χ4v) is 1.87. The lowest BCUT2D eigenvalue weighted by atomic mass is 10.2. The van der Waals surface area contributed by atoms with Gasteiger partial charge in [0.15, 0.2) is 13.2 Å². The Morgan fingerprint density at radius 1 is 0.923 bits per heavy atom. The highest BCUT2D eigenvalue weighted by molar-refractivity contribution is 6.30. The molecule has 2 aromatic carbocycles. The first-order chi connectivity index (χ1) is 12.5. The molecule has 0 aliphatic rings. The standard InChI is InChI=1S/C17H15ClN2O6/c18-11-5-7-12(8-6-11)25-9-15(22)19-20-16(23)10-26-17(24)13-3-1-2-4-14(13)21/h1-8,21H,9-10H2,(H,19,22)(H,20,23). The number of aromatic hydroxyl groups is 1. The number of carbonyl (C=O) groups excluding carboxylic acids is 3. The summed E-state index contributed by atoms with van der Waals surface area (Å²) in [6.45, 7) is -0.967. The molecular weight excluding hydrogens is 364 g/mol. The van der Waals surface area contributed by atoms with Gasteiger partial charge in [0.05, 0.1) is 0 Å². The number of esters is 1. The van der Waals surface area contributed by atoms with Crippen LogP contribution in [-0.2, 0) is 14.3 Å². The molecule has 0 saturated carbocycles. The van der Waals surface area contributed by atoms with Crippen molar-refractivity contribution >= 4 is 29.4 Å². The van der Waals surface area contributed by atoms with Crippen molar-refractivity contribution in [3.8, 4) is 11.5 Å². The Kier molecular flexibility index (Phi) is 6.81. The molecule has 2 rings (SSSR count). The number of benzene rings is 2. The Bertz CT molecular complexity index is 794. The van der Waals surface area contributed by atoms with Gasteiger partial charge in [0, 0.05) is 5.02 Å². The van der Waals surface area contributed by atoms with Crippen LogP contribution in [0.15, 0.2) is 48.5 Å². The molecule has 136 valence electrons. The maximum atomic E-state index is 11.7. The van der Waals surface area contributed by atoms with E-state index in [1.807, 2.05) is 0 Å². The molecule has 8 nitrogen and oxygen atoms in total. The first-order valence-electron chi connectivity index (χ1n) is 7.37. The third-order valence-electron chi connectivity index (χ3n) is 2.98. The number of rotatable bonds is 6. The molecule has 0 unspecified atom stereocenters. The van der Waals surface area contributed by atoms with Crippen LogP contribution in [0, 0.1) is 0 Å². The van der Waals surface area contributed by atoms with Gasteiger partial charge in [-0.05, 0) is 36.4 Å². The van der Waals surface area contributed by atoms with Crippen LogP contribution in [-0.4, -0.2) is 36.1 Å². The summed E-state index contributed by atoms with van der Waals surface area (Å²) in [5, 5.41) is 10.0. The lowest BCUT2D eigenvalue weighted by molar-refractivity contribution is -0.131. The highest BCUT2D eigenvalue weighted by atomic mass is 35.5. The average molecular weight is 379 g/mol. The van der Waals surface area contributed by atoms with Gasteiger partial charge < -0.3 is 14.6 Å². The third kappa shape index (κ3) is 5.99. The van der Waals surface area contributed by atoms with Gasteiger partial charge in [-0.1, -0.05) is 23.7 Å². The van der Waals surface area contributed by atoms with Crippen molar-refractivity contribution in [1.29, 1.82) is 0 Å². The summed E-state index contributed by atoms with van der Waals surface area (Å²) in [6.07, 6.45) is 0. The third-order valence-corrected chi connectivity index (χ3v) is 3.24. The van der Waals surface area contributed by atoms with Gasteiger partial charge in [0.1, 0.15) is 17.1 Å². The van der Waals surface area contributed by atoms with Gasteiger partial charge in [-0.3, -0.25) is 20.4 Å². The quantitative estimate of drug-likeness (QED) is 0.517. The van der Waals surface area contributed by atoms with Gasteiger partial charge in [0.2, 0.25) is 0 Å². The summed E-state index contributed by atoms with van der Waals surface area (Å²) in [5.41, 5.74) is 4.11. The second kappa shape index (κ2) is 9.28. The molecule has 0 aliphatic carbocycles. The predicted molar refractivity (Wildman–Crippen MR) is 91.6 cm³/mol. The monoisotopic (exact) mass is 378 g/mol. The molecule has 0 bridgehead atoms. The molecule has 26 heavy (non-hydrogen) atoms. The van der Waals surface area contributed by atoms with E-state index in [0.717, 1.165) is 0 Å². The van der Waals surface area contributed by atoms with E-state index in [1.54, 1.807) is 30.3 Å². The van der Waals surface area contributed by atoms with Gasteiger partial charge in [0.25, 0.3) is 11.8 Å². The molecule has 0 aromatic heterocycles. The maximum absolute atomic E-state index is 11.7. The summed E-state index contributed by atoms with van der Waals surface area (Å²) in [7, 11) is 0. The van der Waals surface area contributed by atoms with E-state index in [2.05, 4.69) is 10.9 Å². The van der Waals surface area contributed by atoms with E-state index in [-0.39, 0.29) is 17.9 Å². The number of hydrogen-bond acceptors (Lipinski definition) is 6. The zero-order chi connectivity index (χ0) is 18.9. The second-order valence-electron chi connectivity index (χ2n) is 4.93. The van der Waals surface area contributed by atoms with Gasteiger partial charge in [-0.15, -0.1) is 0 Å². The number of amides is 2. The van der Waals surface area contributed by atoms with Crippen LogP contribution in [0.3, 0.4) is 0 Å². The summed E-state index contributed by atoms with van der Waals surface area (Å²) in [4.78, 5) is 34.8. The zero-order valence-corrected chi connectivity index (χ0v) is 14.2.